The highest BCUT2D eigenvalue weighted by Crippen LogP contribution is 2.39. The van der Waals surface area contributed by atoms with Crippen LogP contribution in [0.3, 0.4) is 0 Å². The minimum absolute atomic E-state index is 0.131. The molecule has 1 N–H and O–H groups in total. The molecule has 9 heteroatoms. The van der Waals surface area contributed by atoms with Crippen LogP contribution in [-0.2, 0) is 23.7 Å². The predicted octanol–water partition coefficient (Wildman–Crippen LogP) is 2.85. The van der Waals surface area contributed by atoms with Gasteiger partial charge in [-0.2, -0.15) is 5.10 Å². The van der Waals surface area contributed by atoms with E-state index in [1.54, 1.807) is 16.8 Å². The topological polar surface area (TPSA) is 79.2 Å². The number of carbonyl (C=O) groups is 1. The van der Waals surface area contributed by atoms with Crippen molar-refractivity contribution in [1.29, 1.82) is 0 Å². The Labute approximate surface area is 212 Å². The largest absolute Gasteiger partial charge is 0.312 e. The number of amides is 1. The van der Waals surface area contributed by atoms with Gasteiger partial charge >= 0.3 is 0 Å². The lowest BCUT2D eigenvalue weighted by atomic mass is 9.91. The van der Waals surface area contributed by atoms with Crippen molar-refractivity contribution in [2.24, 2.45) is 7.05 Å². The molecule has 192 valence electrons. The maximum absolute atomic E-state index is 13.2. The Morgan fingerprint density at radius 2 is 1.94 bits per heavy atom. The van der Waals surface area contributed by atoms with E-state index in [0.29, 0.717) is 25.6 Å². The molecule has 1 amide bonds. The normalized spacial score (nSPS) is 18.9. The standard InChI is InChI=1S/C23H29FN4O.C4H7N3/c1-16-13-27(9-8-25-16)14-21(29)28-15-23(2,3)22-20(28)11-18(12-26-22)10-17-4-6-19(24)7-5-17;1-4-5-3-6-7(4)2/h4-7,11-12,16,25H,8-10,13-15H2,1-3H3;3H,1-2H3. The number of hydrogen-bond donors (Lipinski definition) is 1. The van der Waals surface area contributed by atoms with Gasteiger partial charge in [0, 0.05) is 50.9 Å². The van der Waals surface area contributed by atoms with E-state index >= 15 is 0 Å². The van der Waals surface area contributed by atoms with Crippen molar-refractivity contribution < 1.29 is 9.18 Å². The molecule has 4 heterocycles. The second-order valence-electron chi connectivity index (χ2n) is 10.4. The summed E-state index contributed by atoms with van der Waals surface area (Å²) in [6.07, 6.45) is 4.09. The molecule has 0 aliphatic carbocycles. The molecule has 1 atom stereocenters. The average molecular weight is 494 g/mol. The van der Waals surface area contributed by atoms with Crippen molar-refractivity contribution >= 4 is 11.6 Å². The lowest BCUT2D eigenvalue weighted by Gasteiger charge is -2.32. The molecule has 36 heavy (non-hydrogen) atoms. The summed E-state index contributed by atoms with van der Waals surface area (Å²) in [5, 5.41) is 7.24. The molecule has 1 saturated heterocycles. The zero-order chi connectivity index (χ0) is 25.9. The lowest BCUT2D eigenvalue weighted by Crippen LogP contribution is -2.52. The summed E-state index contributed by atoms with van der Waals surface area (Å²) < 4.78 is 14.9. The summed E-state index contributed by atoms with van der Waals surface area (Å²) in [5.41, 5.74) is 3.78. The van der Waals surface area contributed by atoms with E-state index in [1.807, 2.05) is 25.1 Å². The first-order valence-electron chi connectivity index (χ1n) is 12.4. The quantitative estimate of drug-likeness (QED) is 0.602. The summed E-state index contributed by atoms with van der Waals surface area (Å²) in [5.74, 6) is 0.841. The Kier molecular flexibility index (Phi) is 7.80. The van der Waals surface area contributed by atoms with Crippen molar-refractivity contribution in [2.45, 2.75) is 45.6 Å². The first kappa shape index (κ1) is 25.9. The van der Waals surface area contributed by atoms with Gasteiger partial charge in [-0.15, -0.1) is 0 Å². The van der Waals surface area contributed by atoms with Gasteiger partial charge in [-0.1, -0.05) is 26.0 Å². The van der Waals surface area contributed by atoms with Gasteiger partial charge in [0.25, 0.3) is 0 Å². The van der Waals surface area contributed by atoms with Gasteiger partial charge in [-0.25, -0.2) is 9.37 Å². The highest BCUT2D eigenvalue weighted by atomic mass is 19.1. The fourth-order valence-electron chi connectivity index (χ4n) is 4.72. The molecule has 0 radical (unpaired) electrons. The maximum Gasteiger partial charge on any atom is 0.241 e. The van der Waals surface area contributed by atoms with Gasteiger partial charge in [-0.05, 0) is 49.6 Å². The van der Waals surface area contributed by atoms with Crippen molar-refractivity contribution in [2.75, 3.05) is 37.6 Å². The molecule has 2 aromatic heterocycles. The number of pyridine rings is 1. The van der Waals surface area contributed by atoms with Gasteiger partial charge in [0.15, 0.2) is 0 Å². The summed E-state index contributed by atoms with van der Waals surface area (Å²) in [6, 6.07) is 9.02. The van der Waals surface area contributed by atoms with Gasteiger partial charge in [0.1, 0.15) is 18.0 Å². The first-order valence-corrected chi connectivity index (χ1v) is 12.4. The molecule has 0 bridgehead atoms. The molecule has 1 aromatic carbocycles. The SMILES string of the molecule is CC1CN(CC(=O)N2CC(C)(C)c3ncc(Cc4ccc(F)cc4)cc32)CCN1.Cc1ncnn1C. The van der Waals surface area contributed by atoms with Crippen LogP contribution in [-0.4, -0.2) is 69.3 Å². The molecule has 1 unspecified atom stereocenters. The van der Waals surface area contributed by atoms with Crippen LogP contribution in [0.2, 0.25) is 0 Å². The Morgan fingerprint density at radius 1 is 1.19 bits per heavy atom. The fraction of sp³-hybridized carbons (Fsp3) is 0.481. The zero-order valence-corrected chi connectivity index (χ0v) is 21.8. The van der Waals surface area contributed by atoms with E-state index in [0.717, 1.165) is 48.0 Å². The highest BCUT2D eigenvalue weighted by molar-refractivity contribution is 5.97. The molecule has 0 spiro atoms. The van der Waals surface area contributed by atoms with E-state index in [2.05, 4.69) is 47.1 Å². The van der Waals surface area contributed by atoms with Gasteiger partial charge in [0.05, 0.1) is 17.9 Å². The van der Waals surface area contributed by atoms with E-state index in [-0.39, 0.29) is 17.1 Å². The van der Waals surface area contributed by atoms with Crippen LogP contribution >= 0.6 is 0 Å². The number of anilines is 1. The minimum atomic E-state index is -0.235. The number of aromatic nitrogens is 4. The summed E-state index contributed by atoms with van der Waals surface area (Å²) in [7, 11) is 1.86. The number of nitrogens with zero attached hydrogens (tertiary/aromatic N) is 6. The van der Waals surface area contributed by atoms with Crippen LogP contribution in [0, 0.1) is 12.7 Å². The molecular formula is C27H36FN7O. The van der Waals surface area contributed by atoms with Crippen LogP contribution in [0.1, 0.15) is 43.4 Å². The lowest BCUT2D eigenvalue weighted by molar-refractivity contribution is -0.120. The third-order valence-corrected chi connectivity index (χ3v) is 6.78. The number of benzene rings is 1. The van der Waals surface area contributed by atoms with Crippen LogP contribution in [0.25, 0.3) is 0 Å². The van der Waals surface area contributed by atoms with Crippen LogP contribution < -0.4 is 10.2 Å². The molecule has 2 aliphatic rings. The summed E-state index contributed by atoms with van der Waals surface area (Å²) in [6.45, 7) is 12.1. The average Bonchev–Trinajstić information content (AvgIpc) is 3.34. The van der Waals surface area contributed by atoms with Crippen molar-refractivity contribution in [3.63, 3.8) is 0 Å². The smallest absolute Gasteiger partial charge is 0.241 e. The number of rotatable bonds is 4. The summed E-state index contributed by atoms with van der Waals surface area (Å²) >= 11 is 0. The van der Waals surface area contributed by atoms with Gasteiger partial charge < -0.3 is 10.2 Å². The van der Waals surface area contributed by atoms with Crippen LogP contribution in [0.4, 0.5) is 10.1 Å². The van der Waals surface area contributed by atoms with E-state index in [4.69, 9.17) is 4.98 Å². The van der Waals surface area contributed by atoms with Crippen molar-refractivity contribution in [3.05, 3.63) is 71.3 Å². The Bertz CT molecular complexity index is 1170. The minimum Gasteiger partial charge on any atom is -0.312 e. The van der Waals surface area contributed by atoms with Crippen molar-refractivity contribution in [1.82, 2.24) is 30.0 Å². The highest BCUT2D eigenvalue weighted by Gasteiger charge is 2.40. The van der Waals surface area contributed by atoms with Gasteiger partial charge in [-0.3, -0.25) is 19.4 Å². The Balaban J connectivity index is 0.000000375. The third-order valence-electron chi connectivity index (χ3n) is 6.78. The number of hydrogen-bond acceptors (Lipinski definition) is 6. The van der Waals surface area contributed by atoms with Crippen molar-refractivity contribution in [3.8, 4) is 0 Å². The van der Waals surface area contributed by atoms with Crippen LogP contribution in [0.5, 0.6) is 0 Å². The molecule has 5 rings (SSSR count). The van der Waals surface area contributed by atoms with Gasteiger partial charge in [0.2, 0.25) is 5.91 Å². The second kappa shape index (κ2) is 10.8. The molecule has 0 saturated carbocycles. The number of piperazine rings is 1. The van der Waals surface area contributed by atoms with E-state index in [1.165, 1.54) is 18.5 Å². The number of aryl methyl sites for hydroxylation is 2. The van der Waals surface area contributed by atoms with E-state index in [9.17, 15) is 9.18 Å². The molecule has 3 aromatic rings. The predicted molar refractivity (Wildman–Crippen MR) is 138 cm³/mol. The number of halogens is 1. The summed E-state index contributed by atoms with van der Waals surface area (Å²) in [4.78, 5) is 25.9. The van der Waals surface area contributed by atoms with E-state index < -0.39 is 0 Å². The molecule has 2 aliphatic heterocycles. The van der Waals surface area contributed by atoms with Crippen LogP contribution in [0.15, 0.2) is 42.9 Å². The second-order valence-corrected chi connectivity index (χ2v) is 10.4. The monoisotopic (exact) mass is 493 g/mol. The Hall–Kier alpha value is -3.17. The third kappa shape index (κ3) is 6.14. The number of nitrogens with one attached hydrogen (secondary N) is 1. The molecular weight excluding hydrogens is 457 g/mol. The number of carbonyl (C=O) groups excluding carboxylic acids is 1. The number of fused-ring (bicyclic) bond motifs is 1. The Morgan fingerprint density at radius 3 is 2.56 bits per heavy atom. The maximum atomic E-state index is 13.2. The molecule has 8 nitrogen and oxygen atoms in total. The molecule has 1 fully saturated rings. The fourth-order valence-corrected chi connectivity index (χ4v) is 4.72. The first-order chi connectivity index (χ1) is 17.1. The zero-order valence-electron chi connectivity index (χ0n) is 21.8.